The Labute approximate surface area is 125 Å². The monoisotopic (exact) mass is 302 g/mol. The SMILES string of the molecule is CCCCOCC(O)CSc1nnc(CN)n1CCC. The average Bonchev–Trinajstić information content (AvgIpc) is 2.84. The summed E-state index contributed by atoms with van der Waals surface area (Å²) in [6.07, 6.45) is 2.66. The Hall–Kier alpha value is -0.630. The molecule has 0 aliphatic rings. The minimum absolute atomic E-state index is 0.374. The number of aliphatic hydroxyl groups is 1. The van der Waals surface area contributed by atoms with Crippen molar-refractivity contribution in [1.82, 2.24) is 14.8 Å². The lowest BCUT2D eigenvalue weighted by Gasteiger charge is -2.11. The minimum atomic E-state index is -0.482. The van der Waals surface area contributed by atoms with Gasteiger partial charge < -0.3 is 20.1 Å². The predicted octanol–water partition coefficient (Wildman–Crippen LogP) is 1.42. The molecule has 6 nitrogen and oxygen atoms in total. The first-order chi connectivity index (χ1) is 9.72. The molecule has 1 atom stereocenters. The summed E-state index contributed by atoms with van der Waals surface area (Å²) in [7, 11) is 0. The van der Waals surface area contributed by atoms with Crippen LogP contribution < -0.4 is 5.73 Å². The van der Waals surface area contributed by atoms with Crippen molar-refractivity contribution in [3.63, 3.8) is 0 Å². The summed E-state index contributed by atoms with van der Waals surface area (Å²) in [5.74, 6) is 1.35. The van der Waals surface area contributed by atoms with E-state index in [1.165, 1.54) is 11.8 Å². The Morgan fingerprint density at radius 3 is 2.80 bits per heavy atom. The molecule has 0 radical (unpaired) electrons. The fourth-order valence-corrected chi connectivity index (χ4v) is 2.60. The van der Waals surface area contributed by atoms with Gasteiger partial charge in [-0.05, 0) is 12.8 Å². The quantitative estimate of drug-likeness (QED) is 0.475. The average molecular weight is 302 g/mol. The van der Waals surface area contributed by atoms with Gasteiger partial charge in [-0.3, -0.25) is 0 Å². The van der Waals surface area contributed by atoms with Crippen LogP contribution in [0, 0.1) is 0 Å². The second kappa shape index (κ2) is 10.1. The van der Waals surface area contributed by atoms with E-state index in [0.29, 0.717) is 25.5 Å². The molecule has 7 heteroatoms. The lowest BCUT2D eigenvalue weighted by Crippen LogP contribution is -2.19. The molecule has 20 heavy (non-hydrogen) atoms. The van der Waals surface area contributed by atoms with Gasteiger partial charge in [0.05, 0.1) is 19.3 Å². The summed E-state index contributed by atoms with van der Waals surface area (Å²) in [5, 5.41) is 18.9. The van der Waals surface area contributed by atoms with E-state index in [9.17, 15) is 5.11 Å². The predicted molar refractivity (Wildman–Crippen MR) is 80.7 cm³/mol. The summed E-state index contributed by atoms with van der Waals surface area (Å²) in [6, 6.07) is 0. The molecule has 3 N–H and O–H groups in total. The highest BCUT2D eigenvalue weighted by Crippen LogP contribution is 2.18. The number of aliphatic hydroxyl groups excluding tert-OH is 1. The molecular formula is C13H26N4O2S. The van der Waals surface area contributed by atoms with Crippen molar-refractivity contribution < 1.29 is 9.84 Å². The summed E-state index contributed by atoms with van der Waals surface area (Å²) in [4.78, 5) is 0. The maximum atomic E-state index is 9.87. The molecule has 1 aromatic heterocycles. The first-order valence-corrected chi connectivity index (χ1v) is 8.22. The number of rotatable bonds is 11. The largest absolute Gasteiger partial charge is 0.390 e. The number of aromatic nitrogens is 3. The maximum absolute atomic E-state index is 9.87. The molecule has 1 rings (SSSR count). The Balaban J connectivity index is 2.38. The Morgan fingerprint density at radius 1 is 1.35 bits per heavy atom. The second-order valence-electron chi connectivity index (χ2n) is 4.65. The zero-order valence-electron chi connectivity index (χ0n) is 12.4. The maximum Gasteiger partial charge on any atom is 0.191 e. The van der Waals surface area contributed by atoms with E-state index < -0.39 is 6.10 Å². The number of hydrogen-bond donors (Lipinski definition) is 2. The smallest absolute Gasteiger partial charge is 0.191 e. The third-order valence-corrected chi connectivity index (χ3v) is 3.89. The Kier molecular flexibility index (Phi) is 8.84. The van der Waals surface area contributed by atoms with Gasteiger partial charge in [0.2, 0.25) is 0 Å². The summed E-state index contributed by atoms with van der Waals surface area (Å²) in [5.41, 5.74) is 5.64. The van der Waals surface area contributed by atoms with Crippen LogP contribution in [0.1, 0.15) is 38.9 Å². The Morgan fingerprint density at radius 2 is 2.15 bits per heavy atom. The first-order valence-electron chi connectivity index (χ1n) is 7.23. The minimum Gasteiger partial charge on any atom is -0.390 e. The Bertz CT molecular complexity index is 373. The van der Waals surface area contributed by atoms with Crippen molar-refractivity contribution >= 4 is 11.8 Å². The van der Waals surface area contributed by atoms with E-state index in [-0.39, 0.29) is 0 Å². The van der Waals surface area contributed by atoms with Crippen LogP contribution in [0.25, 0.3) is 0 Å². The van der Waals surface area contributed by atoms with Crippen LogP contribution in [0.2, 0.25) is 0 Å². The molecule has 0 aliphatic carbocycles. The molecule has 116 valence electrons. The van der Waals surface area contributed by atoms with Crippen molar-refractivity contribution in [3.8, 4) is 0 Å². The van der Waals surface area contributed by atoms with Crippen molar-refractivity contribution in [2.24, 2.45) is 5.73 Å². The van der Waals surface area contributed by atoms with Crippen LogP contribution in [0.4, 0.5) is 0 Å². The summed E-state index contributed by atoms with van der Waals surface area (Å²) < 4.78 is 7.43. The molecule has 1 aromatic rings. The number of ether oxygens (including phenoxy) is 1. The second-order valence-corrected chi connectivity index (χ2v) is 5.64. The number of nitrogens with two attached hydrogens (primary N) is 1. The van der Waals surface area contributed by atoms with Gasteiger partial charge in [0.15, 0.2) is 5.16 Å². The van der Waals surface area contributed by atoms with Crippen LogP contribution in [0.5, 0.6) is 0 Å². The van der Waals surface area contributed by atoms with E-state index in [1.54, 1.807) is 0 Å². The molecule has 0 spiro atoms. The highest BCUT2D eigenvalue weighted by atomic mass is 32.2. The number of thioether (sulfide) groups is 1. The van der Waals surface area contributed by atoms with Crippen LogP contribution in [-0.4, -0.2) is 44.9 Å². The topological polar surface area (TPSA) is 86.2 Å². The van der Waals surface area contributed by atoms with Crippen LogP contribution in [-0.2, 0) is 17.8 Å². The van der Waals surface area contributed by atoms with Crippen LogP contribution >= 0.6 is 11.8 Å². The zero-order valence-corrected chi connectivity index (χ0v) is 13.2. The molecule has 0 aromatic carbocycles. The van der Waals surface area contributed by atoms with Crippen LogP contribution in [0.15, 0.2) is 5.16 Å². The molecule has 0 fully saturated rings. The molecule has 1 heterocycles. The molecule has 0 saturated carbocycles. The normalized spacial score (nSPS) is 12.8. The highest BCUT2D eigenvalue weighted by Gasteiger charge is 2.13. The fraction of sp³-hybridized carbons (Fsp3) is 0.846. The van der Waals surface area contributed by atoms with Gasteiger partial charge in [0.25, 0.3) is 0 Å². The molecule has 0 saturated heterocycles. The lowest BCUT2D eigenvalue weighted by atomic mass is 10.3. The fourth-order valence-electron chi connectivity index (χ4n) is 1.71. The molecule has 0 bridgehead atoms. The number of nitrogens with zero attached hydrogens (tertiary/aromatic N) is 3. The van der Waals surface area contributed by atoms with E-state index in [2.05, 4.69) is 24.0 Å². The van der Waals surface area contributed by atoms with E-state index in [4.69, 9.17) is 10.5 Å². The summed E-state index contributed by atoms with van der Waals surface area (Å²) >= 11 is 1.50. The third-order valence-electron chi connectivity index (χ3n) is 2.78. The van der Waals surface area contributed by atoms with E-state index in [1.807, 2.05) is 4.57 Å². The number of hydrogen-bond acceptors (Lipinski definition) is 6. The van der Waals surface area contributed by atoms with Gasteiger partial charge in [0, 0.05) is 18.9 Å². The number of unbranched alkanes of at least 4 members (excludes halogenated alkanes) is 1. The first kappa shape index (κ1) is 17.4. The van der Waals surface area contributed by atoms with E-state index in [0.717, 1.165) is 36.8 Å². The molecule has 0 amide bonds. The van der Waals surface area contributed by atoms with Crippen molar-refractivity contribution in [2.45, 2.75) is 57.5 Å². The standard InChI is InChI=1S/C13H26N4O2S/c1-3-5-7-19-9-11(18)10-20-13-16-15-12(8-14)17(13)6-4-2/h11,18H,3-10,14H2,1-2H3. The van der Waals surface area contributed by atoms with Crippen molar-refractivity contribution in [2.75, 3.05) is 19.0 Å². The van der Waals surface area contributed by atoms with Gasteiger partial charge in [-0.15, -0.1) is 10.2 Å². The van der Waals surface area contributed by atoms with Crippen molar-refractivity contribution in [3.05, 3.63) is 5.82 Å². The molecule has 0 aliphatic heterocycles. The molecular weight excluding hydrogens is 276 g/mol. The van der Waals surface area contributed by atoms with Crippen LogP contribution in [0.3, 0.4) is 0 Å². The van der Waals surface area contributed by atoms with Gasteiger partial charge >= 0.3 is 0 Å². The van der Waals surface area contributed by atoms with Crippen molar-refractivity contribution in [1.29, 1.82) is 0 Å². The third kappa shape index (κ3) is 5.78. The molecule has 1 unspecified atom stereocenters. The zero-order chi connectivity index (χ0) is 14.8. The van der Waals surface area contributed by atoms with Gasteiger partial charge in [0.1, 0.15) is 5.82 Å². The lowest BCUT2D eigenvalue weighted by molar-refractivity contribution is 0.0473. The highest BCUT2D eigenvalue weighted by molar-refractivity contribution is 7.99. The van der Waals surface area contributed by atoms with Gasteiger partial charge in [-0.1, -0.05) is 32.0 Å². The van der Waals surface area contributed by atoms with E-state index >= 15 is 0 Å². The van der Waals surface area contributed by atoms with Gasteiger partial charge in [-0.2, -0.15) is 0 Å². The van der Waals surface area contributed by atoms with Gasteiger partial charge in [-0.25, -0.2) is 0 Å². The summed E-state index contributed by atoms with van der Waals surface area (Å²) in [6.45, 7) is 6.54.